The zero-order valence-corrected chi connectivity index (χ0v) is 12.4. The van der Waals surface area contributed by atoms with Gasteiger partial charge < -0.3 is 14.2 Å². The van der Waals surface area contributed by atoms with Crippen LogP contribution in [0.3, 0.4) is 0 Å². The lowest BCUT2D eigenvalue weighted by Gasteiger charge is -2.19. The summed E-state index contributed by atoms with van der Waals surface area (Å²) in [5.74, 6) is -9.11. The SMILES string of the molecule is COC(=O)C1C(=O)C(C(=O)OC)C2C(C(=O)OC)C(=O)CC12. The van der Waals surface area contributed by atoms with Gasteiger partial charge in [-0.15, -0.1) is 0 Å². The van der Waals surface area contributed by atoms with Gasteiger partial charge in [-0.3, -0.25) is 24.0 Å². The number of carbonyl (C=O) groups excluding carboxylic acids is 5. The molecule has 8 heteroatoms. The summed E-state index contributed by atoms with van der Waals surface area (Å²) >= 11 is 0. The van der Waals surface area contributed by atoms with E-state index in [1.807, 2.05) is 0 Å². The quantitative estimate of drug-likeness (QED) is 0.376. The van der Waals surface area contributed by atoms with Gasteiger partial charge in [0.2, 0.25) is 0 Å². The average Bonchev–Trinajstić information content (AvgIpc) is 2.96. The Morgan fingerprint density at radius 3 is 1.77 bits per heavy atom. The van der Waals surface area contributed by atoms with Crippen LogP contribution in [-0.4, -0.2) is 50.8 Å². The topological polar surface area (TPSA) is 113 Å². The van der Waals surface area contributed by atoms with E-state index in [0.717, 1.165) is 21.3 Å². The van der Waals surface area contributed by atoms with Gasteiger partial charge in [0, 0.05) is 12.3 Å². The van der Waals surface area contributed by atoms with Crippen LogP contribution in [0.25, 0.3) is 0 Å². The predicted octanol–water partition coefficient (Wildman–Crippen LogP) is -0.858. The third-order valence-corrected chi connectivity index (χ3v) is 4.45. The molecule has 5 unspecified atom stereocenters. The number of Topliss-reactive ketones (excluding diaryl/α,β-unsaturated/α-hetero) is 2. The molecule has 0 aromatic carbocycles. The number of ketones is 2. The van der Waals surface area contributed by atoms with Crippen LogP contribution in [0.15, 0.2) is 0 Å². The molecule has 0 spiro atoms. The summed E-state index contributed by atoms with van der Waals surface area (Å²) in [6.07, 6.45) is -0.149. The predicted molar refractivity (Wildman–Crippen MR) is 68.1 cm³/mol. The number of hydrogen-bond acceptors (Lipinski definition) is 8. The zero-order chi connectivity index (χ0) is 16.6. The second-order valence-electron chi connectivity index (χ2n) is 5.32. The highest BCUT2D eigenvalue weighted by Crippen LogP contribution is 2.51. The van der Waals surface area contributed by atoms with Crippen LogP contribution in [0.5, 0.6) is 0 Å². The number of fused-ring (bicyclic) bond motifs is 1. The van der Waals surface area contributed by atoms with Crippen molar-refractivity contribution in [2.45, 2.75) is 6.42 Å². The molecule has 0 radical (unpaired) electrons. The van der Waals surface area contributed by atoms with Crippen LogP contribution in [0.2, 0.25) is 0 Å². The molecule has 0 heterocycles. The first-order chi connectivity index (χ1) is 10.4. The molecule has 2 saturated carbocycles. The molecule has 0 saturated heterocycles. The lowest BCUT2D eigenvalue weighted by molar-refractivity contribution is -0.155. The van der Waals surface area contributed by atoms with Gasteiger partial charge in [-0.1, -0.05) is 0 Å². The molecular weight excluding hydrogens is 296 g/mol. The fourth-order valence-corrected chi connectivity index (χ4v) is 3.56. The fourth-order valence-electron chi connectivity index (χ4n) is 3.56. The molecule has 2 rings (SSSR count). The van der Waals surface area contributed by atoms with Crippen LogP contribution >= 0.6 is 0 Å². The molecule has 5 atom stereocenters. The molecule has 0 N–H and O–H groups in total. The summed E-state index contributed by atoms with van der Waals surface area (Å²) in [6.45, 7) is 0. The van der Waals surface area contributed by atoms with Crippen molar-refractivity contribution >= 4 is 29.5 Å². The van der Waals surface area contributed by atoms with Crippen molar-refractivity contribution in [1.82, 2.24) is 0 Å². The maximum Gasteiger partial charge on any atom is 0.316 e. The summed E-state index contributed by atoms with van der Waals surface area (Å²) < 4.78 is 13.8. The number of esters is 3. The monoisotopic (exact) mass is 312 g/mol. The molecule has 22 heavy (non-hydrogen) atoms. The third-order valence-electron chi connectivity index (χ3n) is 4.45. The highest BCUT2D eigenvalue weighted by molar-refractivity contribution is 6.14. The molecule has 0 bridgehead atoms. The molecule has 2 fully saturated rings. The summed E-state index contributed by atoms with van der Waals surface area (Å²) in [5, 5.41) is 0. The van der Waals surface area contributed by atoms with E-state index < -0.39 is 59.1 Å². The first-order valence-electron chi connectivity index (χ1n) is 6.68. The van der Waals surface area contributed by atoms with Gasteiger partial charge in [0.05, 0.1) is 21.3 Å². The lowest BCUT2D eigenvalue weighted by Crippen LogP contribution is -2.36. The Bertz CT molecular complexity index is 535. The molecule has 0 aliphatic heterocycles. The minimum atomic E-state index is -1.34. The Labute approximate surface area is 126 Å². The van der Waals surface area contributed by atoms with Gasteiger partial charge in [0.25, 0.3) is 0 Å². The summed E-state index contributed by atoms with van der Waals surface area (Å²) in [5.41, 5.74) is 0. The largest absolute Gasteiger partial charge is 0.468 e. The van der Waals surface area contributed by atoms with Crippen LogP contribution in [0.1, 0.15) is 6.42 Å². The molecule has 120 valence electrons. The molecular formula is C14H16O8. The smallest absolute Gasteiger partial charge is 0.316 e. The number of methoxy groups -OCH3 is 3. The Morgan fingerprint density at radius 1 is 0.818 bits per heavy atom. The molecule has 8 nitrogen and oxygen atoms in total. The highest BCUT2D eigenvalue weighted by Gasteiger charge is 2.65. The normalized spacial score (nSPS) is 33.3. The van der Waals surface area contributed by atoms with Crippen LogP contribution in [0, 0.1) is 29.6 Å². The van der Waals surface area contributed by atoms with Crippen LogP contribution < -0.4 is 0 Å². The molecule has 2 aliphatic carbocycles. The first-order valence-corrected chi connectivity index (χ1v) is 6.68. The summed E-state index contributed by atoms with van der Waals surface area (Å²) in [6, 6.07) is 0. The van der Waals surface area contributed by atoms with E-state index in [1.165, 1.54) is 0 Å². The number of rotatable bonds is 3. The average molecular weight is 312 g/mol. The van der Waals surface area contributed by atoms with E-state index in [2.05, 4.69) is 14.2 Å². The van der Waals surface area contributed by atoms with Gasteiger partial charge in [-0.2, -0.15) is 0 Å². The van der Waals surface area contributed by atoms with E-state index >= 15 is 0 Å². The van der Waals surface area contributed by atoms with Crippen molar-refractivity contribution in [3.05, 3.63) is 0 Å². The molecule has 2 aliphatic rings. The van der Waals surface area contributed by atoms with Crippen molar-refractivity contribution in [2.24, 2.45) is 29.6 Å². The van der Waals surface area contributed by atoms with Crippen molar-refractivity contribution in [3.8, 4) is 0 Å². The van der Waals surface area contributed by atoms with Crippen molar-refractivity contribution in [1.29, 1.82) is 0 Å². The van der Waals surface area contributed by atoms with Gasteiger partial charge in [-0.05, 0) is 5.92 Å². The van der Waals surface area contributed by atoms with Crippen LogP contribution in [-0.2, 0) is 38.2 Å². The summed E-state index contributed by atoms with van der Waals surface area (Å²) in [4.78, 5) is 60.1. The number of ether oxygens (including phenoxy) is 3. The van der Waals surface area contributed by atoms with E-state index in [0.29, 0.717) is 0 Å². The van der Waals surface area contributed by atoms with E-state index in [9.17, 15) is 24.0 Å². The maximum absolute atomic E-state index is 12.4. The van der Waals surface area contributed by atoms with E-state index in [-0.39, 0.29) is 6.42 Å². The standard InChI is InChI=1S/C14H16O8/c1-20-12(17)8-5-4-6(15)9(13(18)21-2)7(5)10(11(8)16)14(19)22-3/h5,7-10H,4H2,1-3H3. The van der Waals surface area contributed by atoms with Gasteiger partial charge in [-0.25, -0.2) is 0 Å². The van der Waals surface area contributed by atoms with Gasteiger partial charge in [0.1, 0.15) is 23.5 Å². The van der Waals surface area contributed by atoms with Gasteiger partial charge >= 0.3 is 17.9 Å². The summed E-state index contributed by atoms with van der Waals surface area (Å²) in [7, 11) is 3.33. The fraction of sp³-hybridized carbons (Fsp3) is 0.643. The number of hydrogen-bond donors (Lipinski definition) is 0. The Kier molecular flexibility index (Phi) is 4.30. The van der Waals surface area contributed by atoms with Crippen LogP contribution in [0.4, 0.5) is 0 Å². The molecule has 0 aromatic rings. The van der Waals surface area contributed by atoms with Crippen molar-refractivity contribution in [3.63, 3.8) is 0 Å². The van der Waals surface area contributed by atoms with E-state index in [4.69, 9.17) is 0 Å². The minimum Gasteiger partial charge on any atom is -0.468 e. The maximum atomic E-state index is 12.4. The van der Waals surface area contributed by atoms with Gasteiger partial charge in [0.15, 0.2) is 5.78 Å². The van der Waals surface area contributed by atoms with E-state index in [1.54, 1.807) is 0 Å². The third kappa shape index (κ3) is 2.18. The number of carbonyl (C=O) groups is 5. The Morgan fingerprint density at radius 2 is 1.27 bits per heavy atom. The Hall–Kier alpha value is -2.25. The molecule has 0 amide bonds. The first kappa shape index (κ1) is 16.1. The highest BCUT2D eigenvalue weighted by atomic mass is 16.5. The lowest BCUT2D eigenvalue weighted by atomic mass is 9.84. The molecule has 0 aromatic heterocycles. The Balaban J connectivity index is 2.48. The zero-order valence-electron chi connectivity index (χ0n) is 12.4. The van der Waals surface area contributed by atoms with Crippen molar-refractivity contribution in [2.75, 3.05) is 21.3 Å². The minimum absolute atomic E-state index is 0.149. The van der Waals surface area contributed by atoms with Crippen molar-refractivity contribution < 1.29 is 38.2 Å². The second-order valence-corrected chi connectivity index (χ2v) is 5.32. The second kappa shape index (κ2) is 5.86.